The van der Waals surface area contributed by atoms with Crippen LogP contribution < -0.4 is 4.74 Å². The molecule has 2 heteroatoms. The molecule has 74 valence electrons. The van der Waals surface area contributed by atoms with E-state index in [1.54, 1.807) is 7.11 Å². The van der Waals surface area contributed by atoms with Gasteiger partial charge in [0.05, 0.1) is 7.11 Å². The van der Waals surface area contributed by atoms with E-state index >= 15 is 0 Å². The smallest absolute Gasteiger partial charge is 0.218 e. The lowest BCUT2D eigenvalue weighted by molar-refractivity contribution is 0.409. The van der Waals surface area contributed by atoms with Gasteiger partial charge in [-0.15, -0.1) is 0 Å². The summed E-state index contributed by atoms with van der Waals surface area (Å²) >= 11 is 0. The van der Waals surface area contributed by atoms with E-state index < -0.39 is 0 Å². The number of rotatable bonds is 3. The van der Waals surface area contributed by atoms with E-state index in [1.165, 1.54) is 11.1 Å². The average Bonchev–Trinajstić information content (AvgIpc) is 2.19. The van der Waals surface area contributed by atoms with Crippen LogP contribution >= 0.6 is 0 Å². The molecule has 0 unspecified atom stereocenters. The lowest BCUT2D eigenvalue weighted by Gasteiger charge is -2.09. The zero-order valence-corrected chi connectivity index (χ0v) is 8.92. The lowest BCUT2D eigenvalue weighted by atomic mass is 10.0. The van der Waals surface area contributed by atoms with Crippen LogP contribution in [0.5, 0.6) is 5.75 Å². The number of methoxy groups -OCH3 is 1. The molecule has 0 bridgehead atoms. The minimum Gasteiger partial charge on any atom is -0.496 e. The fraction of sp³-hybridized carbons (Fsp3) is 0.417. The Bertz CT molecular complexity index is 363. The minimum atomic E-state index is 0.527. The van der Waals surface area contributed by atoms with E-state index in [-0.39, 0.29) is 0 Å². The molecule has 0 atom stereocenters. The van der Waals surface area contributed by atoms with Crippen LogP contribution in [0, 0.1) is 20.4 Å². The summed E-state index contributed by atoms with van der Waals surface area (Å²) in [5, 5.41) is 0. The number of hydrogen-bond donors (Lipinski definition) is 0. The molecule has 0 fully saturated rings. The van der Waals surface area contributed by atoms with Gasteiger partial charge in [-0.25, -0.2) is 6.57 Å². The number of nitrogens with zero attached hydrogens (tertiary/aromatic N) is 1. The molecule has 0 heterocycles. The molecule has 1 aromatic carbocycles. The maximum absolute atomic E-state index is 6.76. The van der Waals surface area contributed by atoms with Gasteiger partial charge in [-0.1, -0.05) is 6.07 Å². The standard InChI is InChI=1S/C12H15NO/c1-9-7-11(5-6-13-3)12(14-4)8-10(9)2/h7-8H,5-6H2,1-2,4H3. The van der Waals surface area contributed by atoms with Gasteiger partial charge in [0.25, 0.3) is 0 Å². The van der Waals surface area contributed by atoms with Crippen LogP contribution in [0.25, 0.3) is 4.85 Å². The summed E-state index contributed by atoms with van der Waals surface area (Å²) < 4.78 is 5.28. The maximum Gasteiger partial charge on any atom is 0.218 e. The first-order valence-electron chi connectivity index (χ1n) is 4.66. The fourth-order valence-corrected chi connectivity index (χ4v) is 1.41. The SMILES string of the molecule is [C-]#[N+]CCc1cc(C)c(C)cc1OC. The first kappa shape index (κ1) is 10.6. The van der Waals surface area contributed by atoms with E-state index in [1.807, 2.05) is 6.07 Å². The molecule has 1 aromatic rings. The lowest BCUT2D eigenvalue weighted by Crippen LogP contribution is -1.96. The predicted octanol–water partition coefficient (Wildman–Crippen LogP) is 2.77. The second kappa shape index (κ2) is 4.66. The maximum atomic E-state index is 6.76. The Hall–Kier alpha value is -1.49. The Morgan fingerprint density at radius 2 is 1.93 bits per heavy atom. The summed E-state index contributed by atoms with van der Waals surface area (Å²) in [6.07, 6.45) is 0.772. The van der Waals surface area contributed by atoms with Crippen LogP contribution in [0.1, 0.15) is 16.7 Å². The highest BCUT2D eigenvalue weighted by atomic mass is 16.5. The second-order valence-electron chi connectivity index (χ2n) is 3.38. The molecule has 0 aliphatic rings. The van der Waals surface area contributed by atoms with Crippen LogP contribution in [0.2, 0.25) is 0 Å². The third-order valence-electron chi connectivity index (χ3n) is 2.39. The Morgan fingerprint density at radius 1 is 1.29 bits per heavy atom. The van der Waals surface area contributed by atoms with Crippen molar-refractivity contribution in [3.8, 4) is 5.75 Å². The Balaban J connectivity index is 3.02. The third kappa shape index (κ3) is 2.26. The van der Waals surface area contributed by atoms with E-state index in [0.29, 0.717) is 6.54 Å². The Labute approximate surface area is 85.3 Å². The zero-order chi connectivity index (χ0) is 10.6. The van der Waals surface area contributed by atoms with E-state index in [0.717, 1.165) is 17.7 Å². The van der Waals surface area contributed by atoms with Gasteiger partial charge in [-0.05, 0) is 31.0 Å². The van der Waals surface area contributed by atoms with Gasteiger partial charge in [0.2, 0.25) is 6.54 Å². The van der Waals surface area contributed by atoms with Crippen molar-refractivity contribution >= 4 is 0 Å². The van der Waals surface area contributed by atoms with Crippen molar-refractivity contribution in [2.24, 2.45) is 0 Å². The van der Waals surface area contributed by atoms with Gasteiger partial charge in [0.1, 0.15) is 5.75 Å². The minimum absolute atomic E-state index is 0.527. The second-order valence-corrected chi connectivity index (χ2v) is 3.38. The molecular formula is C12H15NO. The summed E-state index contributed by atoms with van der Waals surface area (Å²) in [5.74, 6) is 0.900. The largest absolute Gasteiger partial charge is 0.496 e. The molecule has 0 saturated carbocycles. The van der Waals surface area contributed by atoms with Crippen molar-refractivity contribution in [1.82, 2.24) is 0 Å². The van der Waals surface area contributed by atoms with Crippen molar-refractivity contribution in [1.29, 1.82) is 0 Å². The number of ether oxygens (including phenoxy) is 1. The third-order valence-corrected chi connectivity index (χ3v) is 2.39. The highest BCUT2D eigenvalue weighted by Gasteiger charge is 2.06. The molecular weight excluding hydrogens is 174 g/mol. The summed E-state index contributed by atoms with van der Waals surface area (Å²) in [4.78, 5) is 3.35. The van der Waals surface area contributed by atoms with Crippen LogP contribution in [0.4, 0.5) is 0 Å². The first-order valence-corrected chi connectivity index (χ1v) is 4.66. The zero-order valence-electron chi connectivity index (χ0n) is 8.92. The van der Waals surface area contributed by atoms with Crippen LogP contribution in [-0.4, -0.2) is 13.7 Å². The van der Waals surface area contributed by atoms with E-state index in [9.17, 15) is 0 Å². The molecule has 0 aliphatic heterocycles. The monoisotopic (exact) mass is 189 g/mol. The normalized spacial score (nSPS) is 9.57. The Morgan fingerprint density at radius 3 is 2.50 bits per heavy atom. The molecule has 0 saturated heterocycles. The van der Waals surface area contributed by atoms with Gasteiger partial charge < -0.3 is 9.58 Å². The van der Waals surface area contributed by atoms with E-state index in [4.69, 9.17) is 11.3 Å². The van der Waals surface area contributed by atoms with Crippen molar-refractivity contribution in [2.45, 2.75) is 20.3 Å². The van der Waals surface area contributed by atoms with Crippen LogP contribution in [-0.2, 0) is 6.42 Å². The van der Waals surface area contributed by atoms with Crippen molar-refractivity contribution in [3.05, 3.63) is 40.2 Å². The van der Waals surface area contributed by atoms with Crippen molar-refractivity contribution in [2.75, 3.05) is 13.7 Å². The van der Waals surface area contributed by atoms with Gasteiger partial charge in [0, 0.05) is 12.0 Å². The molecule has 0 aromatic heterocycles. The van der Waals surface area contributed by atoms with E-state index in [2.05, 4.69) is 24.8 Å². The molecule has 0 aliphatic carbocycles. The highest BCUT2D eigenvalue weighted by molar-refractivity contribution is 5.42. The van der Waals surface area contributed by atoms with Crippen LogP contribution in [0.3, 0.4) is 0 Å². The summed E-state index contributed by atoms with van der Waals surface area (Å²) in [6, 6.07) is 4.15. The molecule has 0 radical (unpaired) electrons. The topological polar surface area (TPSA) is 13.6 Å². The molecule has 1 rings (SSSR count). The fourth-order valence-electron chi connectivity index (χ4n) is 1.41. The number of benzene rings is 1. The predicted molar refractivity (Wildman–Crippen MR) is 57.6 cm³/mol. The summed E-state index contributed by atoms with van der Waals surface area (Å²) in [7, 11) is 1.67. The quantitative estimate of drug-likeness (QED) is 0.667. The van der Waals surface area contributed by atoms with Crippen molar-refractivity contribution < 1.29 is 4.74 Å². The number of hydrogen-bond acceptors (Lipinski definition) is 1. The van der Waals surface area contributed by atoms with Gasteiger partial charge in [-0.2, -0.15) is 0 Å². The first-order chi connectivity index (χ1) is 6.69. The van der Waals surface area contributed by atoms with Gasteiger partial charge in [0.15, 0.2) is 0 Å². The average molecular weight is 189 g/mol. The van der Waals surface area contributed by atoms with Crippen molar-refractivity contribution in [3.63, 3.8) is 0 Å². The van der Waals surface area contributed by atoms with Gasteiger partial charge in [-0.3, -0.25) is 0 Å². The van der Waals surface area contributed by atoms with Gasteiger partial charge >= 0.3 is 0 Å². The summed E-state index contributed by atoms with van der Waals surface area (Å²) in [6.45, 7) is 11.4. The molecule has 14 heavy (non-hydrogen) atoms. The molecule has 0 N–H and O–H groups in total. The molecule has 0 amide bonds. The van der Waals surface area contributed by atoms with Crippen LogP contribution in [0.15, 0.2) is 12.1 Å². The Kier molecular flexibility index (Phi) is 3.53. The number of aryl methyl sites for hydroxylation is 2. The highest BCUT2D eigenvalue weighted by Crippen LogP contribution is 2.23. The molecule has 0 spiro atoms. The summed E-state index contributed by atoms with van der Waals surface area (Å²) in [5.41, 5.74) is 3.62. The molecule has 2 nitrogen and oxygen atoms in total.